The van der Waals surface area contributed by atoms with Gasteiger partial charge in [-0.3, -0.25) is 5.43 Å². The molecule has 1 N–H and O–H groups in total. The van der Waals surface area contributed by atoms with E-state index in [-0.39, 0.29) is 5.71 Å². The van der Waals surface area contributed by atoms with Crippen LogP contribution in [0.4, 0.5) is 5.69 Å². The van der Waals surface area contributed by atoms with Crippen molar-refractivity contribution < 1.29 is 4.42 Å². The van der Waals surface area contributed by atoms with E-state index in [1.54, 1.807) is 24.3 Å². The molecule has 0 aliphatic carbocycles. The van der Waals surface area contributed by atoms with Crippen LogP contribution in [-0.4, -0.2) is 5.71 Å². The lowest BCUT2D eigenvalue weighted by molar-refractivity contribution is 0.548. The second kappa shape index (κ2) is 5.52. The average Bonchev–Trinajstić information content (AvgIpc) is 2.87. The quantitative estimate of drug-likeness (QED) is 0.670. The minimum Gasteiger partial charge on any atom is -0.461 e. The van der Waals surface area contributed by atoms with E-state index in [9.17, 15) is 0 Å². The van der Waals surface area contributed by atoms with Crippen LogP contribution in [0.5, 0.6) is 0 Å². The first-order valence-corrected chi connectivity index (χ1v) is 5.53. The van der Waals surface area contributed by atoms with Crippen LogP contribution in [0.2, 0.25) is 0 Å². The summed E-state index contributed by atoms with van der Waals surface area (Å²) in [5.74, 6) is 1.65. The molecule has 0 unspecified atom stereocenters. The van der Waals surface area contributed by atoms with Crippen LogP contribution >= 0.6 is 0 Å². The monoisotopic (exact) mass is 250 g/mol. The van der Waals surface area contributed by atoms with Gasteiger partial charge in [0, 0.05) is 5.56 Å². The summed E-state index contributed by atoms with van der Waals surface area (Å²) in [7, 11) is 0. The lowest BCUT2D eigenvalue weighted by Gasteiger charge is -2.01. The van der Waals surface area contributed by atoms with Gasteiger partial charge in [-0.2, -0.15) is 15.6 Å². The number of hydrogen-bond donors (Lipinski definition) is 1. The highest BCUT2D eigenvalue weighted by Gasteiger charge is 2.02. The molecule has 1 aromatic heterocycles. The first-order chi connectivity index (χ1) is 9.22. The molecule has 19 heavy (non-hydrogen) atoms. The predicted octanol–water partition coefficient (Wildman–Crippen LogP) is 3.07. The molecular formula is C14H10N4O. The molecular weight excluding hydrogens is 240 g/mol. The van der Waals surface area contributed by atoms with Crippen molar-refractivity contribution in [2.24, 2.45) is 5.10 Å². The molecule has 2 aromatic rings. The van der Waals surface area contributed by atoms with E-state index in [4.69, 9.17) is 14.9 Å². The van der Waals surface area contributed by atoms with E-state index in [1.807, 2.05) is 31.2 Å². The number of nitrogens with zero attached hydrogens (tertiary/aromatic N) is 3. The Kier molecular flexibility index (Phi) is 3.61. The second-order valence-electron chi connectivity index (χ2n) is 3.78. The molecule has 0 atom stereocenters. The predicted molar refractivity (Wildman–Crippen MR) is 71.2 cm³/mol. The summed E-state index contributed by atoms with van der Waals surface area (Å²) in [5.41, 5.74) is 4.06. The van der Waals surface area contributed by atoms with Crippen LogP contribution < -0.4 is 5.43 Å². The molecule has 92 valence electrons. The number of anilines is 1. The fourth-order valence-electron chi connectivity index (χ4n) is 1.49. The zero-order valence-electron chi connectivity index (χ0n) is 10.2. The van der Waals surface area contributed by atoms with Crippen LogP contribution in [0.1, 0.15) is 5.76 Å². The van der Waals surface area contributed by atoms with Crippen molar-refractivity contribution in [2.45, 2.75) is 6.92 Å². The van der Waals surface area contributed by atoms with Gasteiger partial charge in [0.2, 0.25) is 5.71 Å². The number of hydrazone groups is 1. The first-order valence-electron chi connectivity index (χ1n) is 5.53. The van der Waals surface area contributed by atoms with Crippen molar-refractivity contribution in [3.05, 3.63) is 42.2 Å². The van der Waals surface area contributed by atoms with Crippen molar-refractivity contribution in [3.63, 3.8) is 0 Å². The Morgan fingerprint density at radius 2 is 1.79 bits per heavy atom. The molecule has 5 heteroatoms. The molecule has 0 saturated carbocycles. The largest absolute Gasteiger partial charge is 0.461 e. The zero-order chi connectivity index (χ0) is 13.7. The molecule has 0 spiro atoms. The molecule has 0 bridgehead atoms. The van der Waals surface area contributed by atoms with Gasteiger partial charge in [-0.25, -0.2) is 0 Å². The fraction of sp³-hybridized carbons (Fsp3) is 0.0714. The molecule has 0 aliphatic heterocycles. The molecule has 0 saturated heterocycles. The Balaban J connectivity index is 2.14. The van der Waals surface area contributed by atoms with Gasteiger partial charge in [0.25, 0.3) is 0 Å². The van der Waals surface area contributed by atoms with Crippen molar-refractivity contribution in [1.82, 2.24) is 0 Å². The number of aryl methyl sites for hydroxylation is 1. The number of nitriles is 2. The van der Waals surface area contributed by atoms with Crippen LogP contribution in [0.15, 0.2) is 45.9 Å². The Morgan fingerprint density at radius 1 is 1.11 bits per heavy atom. The van der Waals surface area contributed by atoms with Crippen LogP contribution in [0.25, 0.3) is 11.3 Å². The zero-order valence-corrected chi connectivity index (χ0v) is 10.2. The van der Waals surface area contributed by atoms with Crippen LogP contribution in [0, 0.1) is 29.6 Å². The van der Waals surface area contributed by atoms with E-state index < -0.39 is 0 Å². The molecule has 1 heterocycles. The maximum Gasteiger partial charge on any atom is 0.237 e. The Hall–Kier alpha value is -3.05. The molecule has 0 fully saturated rings. The highest BCUT2D eigenvalue weighted by Crippen LogP contribution is 2.23. The Bertz CT molecular complexity index is 667. The molecule has 0 amide bonds. The third-order valence-electron chi connectivity index (χ3n) is 2.42. The summed E-state index contributed by atoms with van der Waals surface area (Å²) in [5, 5.41) is 20.7. The number of rotatable bonds is 3. The summed E-state index contributed by atoms with van der Waals surface area (Å²) < 4.78 is 5.51. The summed E-state index contributed by atoms with van der Waals surface area (Å²) in [6.07, 6.45) is 0. The Morgan fingerprint density at radius 3 is 2.32 bits per heavy atom. The van der Waals surface area contributed by atoms with E-state index in [2.05, 4.69) is 10.5 Å². The SMILES string of the molecule is Cc1ccc(-c2ccc(NN=C(C#N)C#N)cc2)o1. The highest BCUT2D eigenvalue weighted by molar-refractivity contribution is 6.10. The lowest BCUT2D eigenvalue weighted by atomic mass is 10.1. The molecule has 1 aromatic carbocycles. The molecule has 0 radical (unpaired) electrons. The van der Waals surface area contributed by atoms with Crippen LogP contribution in [0.3, 0.4) is 0 Å². The van der Waals surface area contributed by atoms with Crippen molar-refractivity contribution in [3.8, 4) is 23.5 Å². The van der Waals surface area contributed by atoms with Gasteiger partial charge in [0.05, 0.1) is 5.69 Å². The van der Waals surface area contributed by atoms with E-state index >= 15 is 0 Å². The fourth-order valence-corrected chi connectivity index (χ4v) is 1.49. The number of hydrogen-bond acceptors (Lipinski definition) is 5. The lowest BCUT2D eigenvalue weighted by Crippen LogP contribution is -1.95. The maximum atomic E-state index is 8.54. The van der Waals surface area contributed by atoms with Gasteiger partial charge in [-0.05, 0) is 43.3 Å². The topological polar surface area (TPSA) is 85.1 Å². The summed E-state index contributed by atoms with van der Waals surface area (Å²) >= 11 is 0. The van der Waals surface area contributed by atoms with E-state index in [0.29, 0.717) is 5.69 Å². The summed E-state index contributed by atoms with van der Waals surface area (Å²) in [6.45, 7) is 1.89. The second-order valence-corrected chi connectivity index (χ2v) is 3.78. The normalized spacial score (nSPS) is 9.21. The van der Waals surface area contributed by atoms with E-state index in [1.165, 1.54) is 0 Å². The van der Waals surface area contributed by atoms with Crippen molar-refractivity contribution in [2.75, 3.05) is 5.43 Å². The smallest absolute Gasteiger partial charge is 0.237 e. The van der Waals surface area contributed by atoms with Gasteiger partial charge in [0.15, 0.2) is 0 Å². The Labute approximate surface area is 110 Å². The van der Waals surface area contributed by atoms with Gasteiger partial charge >= 0.3 is 0 Å². The minimum atomic E-state index is -0.217. The van der Waals surface area contributed by atoms with Crippen molar-refractivity contribution >= 4 is 11.4 Å². The maximum absolute atomic E-state index is 8.54. The molecule has 5 nitrogen and oxygen atoms in total. The van der Waals surface area contributed by atoms with Gasteiger partial charge in [-0.15, -0.1) is 0 Å². The molecule has 2 rings (SSSR count). The first kappa shape index (κ1) is 12.4. The van der Waals surface area contributed by atoms with Gasteiger partial charge < -0.3 is 4.42 Å². The summed E-state index contributed by atoms with van der Waals surface area (Å²) in [4.78, 5) is 0. The number of furan rings is 1. The number of benzene rings is 1. The van der Waals surface area contributed by atoms with Gasteiger partial charge in [0.1, 0.15) is 23.7 Å². The molecule has 0 aliphatic rings. The van der Waals surface area contributed by atoms with Crippen molar-refractivity contribution in [1.29, 1.82) is 10.5 Å². The summed E-state index contributed by atoms with van der Waals surface area (Å²) in [6, 6.07) is 14.5. The third-order valence-corrected chi connectivity index (χ3v) is 2.42. The average molecular weight is 250 g/mol. The third kappa shape index (κ3) is 2.99. The van der Waals surface area contributed by atoms with Gasteiger partial charge in [-0.1, -0.05) is 0 Å². The number of nitrogens with one attached hydrogen (secondary N) is 1. The highest BCUT2D eigenvalue weighted by atomic mass is 16.3. The standard InChI is InChI=1S/C14H10N4O/c1-10-2-7-14(19-10)11-3-5-12(6-4-11)17-18-13(8-15)9-16/h2-7,17H,1H3. The van der Waals surface area contributed by atoms with Crippen LogP contribution in [-0.2, 0) is 0 Å². The van der Waals surface area contributed by atoms with E-state index in [0.717, 1.165) is 17.1 Å². The minimum absolute atomic E-state index is 0.217.